The second-order valence-electron chi connectivity index (χ2n) is 5.11. The quantitative estimate of drug-likeness (QED) is 0.851. The number of aromatic nitrogens is 2. The van der Waals surface area contributed by atoms with Gasteiger partial charge in [0.1, 0.15) is 18.2 Å². The Morgan fingerprint density at radius 3 is 2.73 bits per heavy atom. The lowest BCUT2D eigenvalue weighted by Crippen LogP contribution is -2.18. The molecule has 0 amide bonds. The molecule has 0 saturated carbocycles. The van der Waals surface area contributed by atoms with E-state index in [1.807, 2.05) is 32.0 Å². The summed E-state index contributed by atoms with van der Waals surface area (Å²) >= 11 is 0. The van der Waals surface area contributed by atoms with Gasteiger partial charge in [0.25, 0.3) is 5.56 Å². The van der Waals surface area contributed by atoms with E-state index in [1.54, 1.807) is 0 Å². The van der Waals surface area contributed by atoms with Gasteiger partial charge in [0.15, 0.2) is 0 Å². The van der Waals surface area contributed by atoms with Crippen molar-refractivity contribution in [2.24, 2.45) is 0 Å². The van der Waals surface area contributed by atoms with Gasteiger partial charge in [-0.15, -0.1) is 0 Å². The van der Waals surface area contributed by atoms with Gasteiger partial charge in [0, 0.05) is 18.2 Å². The highest BCUT2D eigenvalue weighted by Gasteiger charge is 2.06. The smallest absolute Gasteiger partial charge is 0.303 e. The molecule has 6 nitrogen and oxygen atoms in total. The Bertz CT molecular complexity index is 737. The number of aryl methyl sites for hydroxylation is 3. The lowest BCUT2D eigenvalue weighted by atomic mass is 10.1. The number of nitrogens with one attached hydrogen (secondary N) is 1. The molecule has 0 aliphatic rings. The summed E-state index contributed by atoms with van der Waals surface area (Å²) in [7, 11) is 0. The number of carboxylic acid groups (broad SMARTS) is 1. The molecule has 0 spiro atoms. The number of benzene rings is 1. The van der Waals surface area contributed by atoms with E-state index in [0.29, 0.717) is 17.1 Å². The normalized spacial score (nSPS) is 10.5. The molecular weight excluding hydrogens is 284 g/mol. The van der Waals surface area contributed by atoms with E-state index in [9.17, 15) is 9.59 Å². The Labute approximate surface area is 127 Å². The van der Waals surface area contributed by atoms with Crippen LogP contribution < -0.4 is 10.3 Å². The van der Waals surface area contributed by atoms with Crippen molar-refractivity contribution >= 4 is 5.97 Å². The number of nitrogens with zero attached hydrogens (tertiary/aromatic N) is 1. The molecule has 2 rings (SSSR count). The van der Waals surface area contributed by atoms with Crippen LogP contribution in [0.5, 0.6) is 5.75 Å². The monoisotopic (exact) mass is 302 g/mol. The zero-order chi connectivity index (χ0) is 16.1. The SMILES string of the molecule is Cc1ccc(OCc2ncc(CCC(=O)O)c(=O)[nH]2)cc1C. The van der Waals surface area contributed by atoms with Crippen molar-refractivity contribution in [3.05, 3.63) is 57.3 Å². The summed E-state index contributed by atoms with van der Waals surface area (Å²) in [5.41, 5.74) is 2.34. The summed E-state index contributed by atoms with van der Waals surface area (Å²) in [6.45, 7) is 4.17. The maximum atomic E-state index is 11.8. The lowest BCUT2D eigenvalue weighted by molar-refractivity contribution is -0.136. The molecule has 0 fully saturated rings. The van der Waals surface area contributed by atoms with Crippen LogP contribution >= 0.6 is 0 Å². The predicted molar refractivity (Wildman–Crippen MR) is 81.1 cm³/mol. The summed E-state index contributed by atoms with van der Waals surface area (Å²) in [6.07, 6.45) is 1.47. The third kappa shape index (κ3) is 4.18. The van der Waals surface area contributed by atoms with E-state index in [1.165, 1.54) is 11.8 Å². The molecule has 2 N–H and O–H groups in total. The fourth-order valence-electron chi connectivity index (χ4n) is 1.91. The largest absolute Gasteiger partial charge is 0.486 e. The van der Waals surface area contributed by atoms with Gasteiger partial charge in [0.05, 0.1) is 0 Å². The standard InChI is InChI=1S/C16H18N2O4/c1-10-3-5-13(7-11(10)2)22-9-14-17-8-12(16(21)18-14)4-6-15(19)20/h3,5,7-8H,4,6,9H2,1-2H3,(H,19,20)(H,17,18,21). The first-order valence-corrected chi connectivity index (χ1v) is 6.94. The van der Waals surface area contributed by atoms with Crippen LogP contribution in [0, 0.1) is 13.8 Å². The van der Waals surface area contributed by atoms with E-state index in [-0.39, 0.29) is 25.0 Å². The highest BCUT2D eigenvalue weighted by Crippen LogP contribution is 2.17. The summed E-state index contributed by atoms with van der Waals surface area (Å²) < 4.78 is 5.59. The number of hydrogen-bond acceptors (Lipinski definition) is 4. The minimum atomic E-state index is -0.943. The molecule has 0 aliphatic carbocycles. The second kappa shape index (κ2) is 6.89. The topological polar surface area (TPSA) is 92.3 Å². The van der Waals surface area contributed by atoms with Crippen LogP contribution in [0.4, 0.5) is 0 Å². The first kappa shape index (κ1) is 15.8. The molecule has 1 aromatic heterocycles. The number of aromatic amines is 1. The summed E-state index contributed by atoms with van der Waals surface area (Å²) in [6, 6.07) is 5.76. The van der Waals surface area contributed by atoms with Crippen LogP contribution in [-0.4, -0.2) is 21.0 Å². The van der Waals surface area contributed by atoms with Crippen LogP contribution in [0.25, 0.3) is 0 Å². The third-order valence-electron chi connectivity index (χ3n) is 3.39. The number of hydrogen-bond donors (Lipinski definition) is 2. The molecule has 1 aromatic carbocycles. The number of carbonyl (C=O) groups is 1. The highest BCUT2D eigenvalue weighted by atomic mass is 16.5. The van der Waals surface area contributed by atoms with Crippen LogP contribution in [-0.2, 0) is 17.8 Å². The molecule has 116 valence electrons. The minimum Gasteiger partial charge on any atom is -0.486 e. The van der Waals surface area contributed by atoms with Crippen molar-refractivity contribution in [2.75, 3.05) is 0 Å². The van der Waals surface area contributed by atoms with Gasteiger partial charge in [-0.3, -0.25) is 9.59 Å². The number of carboxylic acids is 1. The third-order valence-corrected chi connectivity index (χ3v) is 3.39. The molecular formula is C16H18N2O4. The van der Waals surface area contributed by atoms with Crippen LogP contribution in [0.15, 0.2) is 29.2 Å². The van der Waals surface area contributed by atoms with Gasteiger partial charge in [0.2, 0.25) is 0 Å². The number of rotatable bonds is 6. The maximum Gasteiger partial charge on any atom is 0.303 e. The van der Waals surface area contributed by atoms with Crippen LogP contribution in [0.2, 0.25) is 0 Å². The van der Waals surface area contributed by atoms with E-state index in [4.69, 9.17) is 9.84 Å². The fourth-order valence-corrected chi connectivity index (χ4v) is 1.91. The van der Waals surface area contributed by atoms with Gasteiger partial charge in [-0.2, -0.15) is 0 Å². The predicted octanol–water partition coefficient (Wildman–Crippen LogP) is 1.98. The van der Waals surface area contributed by atoms with Crippen molar-refractivity contribution < 1.29 is 14.6 Å². The van der Waals surface area contributed by atoms with Gasteiger partial charge < -0.3 is 14.8 Å². The Morgan fingerprint density at radius 1 is 1.32 bits per heavy atom. The summed E-state index contributed by atoms with van der Waals surface area (Å²) in [5.74, 6) is 0.171. The van der Waals surface area contributed by atoms with Crippen LogP contribution in [0.3, 0.4) is 0 Å². The average Bonchev–Trinajstić information content (AvgIpc) is 2.47. The molecule has 6 heteroatoms. The van der Waals surface area contributed by atoms with E-state index in [0.717, 1.165) is 5.56 Å². The zero-order valence-corrected chi connectivity index (χ0v) is 12.5. The molecule has 0 radical (unpaired) electrons. The van der Waals surface area contributed by atoms with Crippen molar-refractivity contribution in [3.8, 4) is 5.75 Å². The molecule has 0 bridgehead atoms. The fraction of sp³-hybridized carbons (Fsp3) is 0.312. The average molecular weight is 302 g/mol. The molecule has 0 aliphatic heterocycles. The molecule has 1 heterocycles. The summed E-state index contributed by atoms with van der Waals surface area (Å²) in [5, 5.41) is 8.62. The van der Waals surface area contributed by atoms with Crippen LogP contribution in [0.1, 0.15) is 28.9 Å². The Hall–Kier alpha value is -2.63. The first-order valence-electron chi connectivity index (χ1n) is 6.94. The Balaban J connectivity index is 2.01. The van der Waals surface area contributed by atoms with E-state index >= 15 is 0 Å². The van der Waals surface area contributed by atoms with Gasteiger partial charge >= 0.3 is 5.97 Å². The molecule has 0 unspecified atom stereocenters. The van der Waals surface area contributed by atoms with Gasteiger partial charge in [-0.25, -0.2) is 4.98 Å². The van der Waals surface area contributed by atoms with Crippen molar-refractivity contribution in [3.63, 3.8) is 0 Å². The van der Waals surface area contributed by atoms with Crippen molar-refractivity contribution in [2.45, 2.75) is 33.3 Å². The van der Waals surface area contributed by atoms with E-state index in [2.05, 4.69) is 9.97 Å². The second-order valence-corrected chi connectivity index (χ2v) is 5.11. The van der Waals surface area contributed by atoms with Crippen molar-refractivity contribution in [1.29, 1.82) is 0 Å². The Morgan fingerprint density at radius 2 is 2.09 bits per heavy atom. The van der Waals surface area contributed by atoms with Gasteiger partial charge in [-0.05, 0) is 43.5 Å². The number of H-pyrrole nitrogens is 1. The number of ether oxygens (including phenoxy) is 1. The summed E-state index contributed by atoms with van der Waals surface area (Å²) in [4.78, 5) is 29.0. The molecule has 2 aromatic rings. The van der Waals surface area contributed by atoms with Gasteiger partial charge in [-0.1, -0.05) is 6.07 Å². The maximum absolute atomic E-state index is 11.8. The lowest BCUT2D eigenvalue weighted by Gasteiger charge is -2.08. The molecule has 0 saturated heterocycles. The first-order chi connectivity index (χ1) is 10.5. The minimum absolute atomic E-state index is 0.0940. The number of aliphatic carboxylic acids is 1. The molecule has 22 heavy (non-hydrogen) atoms. The zero-order valence-electron chi connectivity index (χ0n) is 12.5. The van der Waals surface area contributed by atoms with E-state index < -0.39 is 5.97 Å². The molecule has 0 atom stereocenters. The van der Waals surface area contributed by atoms with Crippen molar-refractivity contribution in [1.82, 2.24) is 9.97 Å². The highest BCUT2D eigenvalue weighted by molar-refractivity contribution is 5.67. The Kier molecular flexibility index (Phi) is 4.93.